The zero-order valence-corrected chi connectivity index (χ0v) is 14.5. The molecule has 4 nitrogen and oxygen atoms in total. The molecule has 1 aliphatic rings. The topological polar surface area (TPSA) is 47.1 Å². The number of halogens is 1. The molecule has 0 bridgehead atoms. The van der Waals surface area contributed by atoms with Crippen LogP contribution in [0.1, 0.15) is 44.7 Å². The lowest BCUT2D eigenvalue weighted by atomic mass is 9.73. The van der Waals surface area contributed by atoms with E-state index in [-0.39, 0.29) is 6.04 Å². The molecule has 0 radical (unpaired) electrons. The van der Waals surface area contributed by atoms with Crippen molar-refractivity contribution in [3.63, 3.8) is 0 Å². The highest BCUT2D eigenvalue weighted by atomic mass is 35.5. The summed E-state index contributed by atoms with van der Waals surface area (Å²) in [5.41, 5.74) is 7.57. The van der Waals surface area contributed by atoms with Gasteiger partial charge in [0.15, 0.2) is 0 Å². The average molecular weight is 313 g/mol. The minimum Gasteiger partial charge on any atom is -0.327 e. The molecule has 21 heavy (non-hydrogen) atoms. The van der Waals surface area contributed by atoms with Crippen LogP contribution in [-0.4, -0.2) is 41.4 Å². The largest absolute Gasteiger partial charge is 0.327 e. The number of likely N-dealkylation sites (N-methyl/N-ethyl adjacent to an activating group) is 1. The lowest BCUT2D eigenvalue weighted by molar-refractivity contribution is 0.225. The van der Waals surface area contributed by atoms with Gasteiger partial charge >= 0.3 is 0 Å². The first-order chi connectivity index (χ1) is 9.90. The Labute approximate surface area is 133 Å². The van der Waals surface area contributed by atoms with Crippen LogP contribution in [-0.2, 0) is 6.54 Å². The van der Waals surface area contributed by atoms with Gasteiger partial charge in [-0.05, 0) is 45.2 Å². The SMILES string of the molecule is CC(C)C1CCC(N)C(c2c(Cl)cnn2CCN(C)C)C1. The van der Waals surface area contributed by atoms with Gasteiger partial charge in [0, 0.05) is 18.5 Å². The zero-order valence-electron chi connectivity index (χ0n) is 13.7. The van der Waals surface area contributed by atoms with Crippen LogP contribution in [0.15, 0.2) is 6.20 Å². The molecule has 1 saturated carbocycles. The van der Waals surface area contributed by atoms with E-state index >= 15 is 0 Å². The predicted octanol–water partition coefficient (Wildman–Crippen LogP) is 2.97. The quantitative estimate of drug-likeness (QED) is 0.909. The van der Waals surface area contributed by atoms with E-state index in [0.717, 1.165) is 42.6 Å². The normalized spacial score (nSPS) is 26.8. The third-order valence-electron chi connectivity index (χ3n) is 4.83. The second-order valence-electron chi connectivity index (χ2n) is 6.99. The molecule has 3 atom stereocenters. The molecule has 0 aliphatic heterocycles. The van der Waals surface area contributed by atoms with Crippen molar-refractivity contribution in [3.05, 3.63) is 16.9 Å². The Morgan fingerprint density at radius 1 is 1.43 bits per heavy atom. The molecule has 5 heteroatoms. The summed E-state index contributed by atoms with van der Waals surface area (Å²) in [7, 11) is 4.15. The fraction of sp³-hybridized carbons (Fsp3) is 0.812. The van der Waals surface area contributed by atoms with Crippen LogP contribution < -0.4 is 5.73 Å². The van der Waals surface area contributed by atoms with Gasteiger partial charge in [0.1, 0.15) is 0 Å². The smallest absolute Gasteiger partial charge is 0.0821 e. The number of nitrogens with two attached hydrogens (primary N) is 1. The molecule has 1 fully saturated rings. The van der Waals surface area contributed by atoms with Crippen molar-refractivity contribution in [1.29, 1.82) is 0 Å². The summed E-state index contributed by atoms with van der Waals surface area (Å²) in [5.74, 6) is 1.78. The molecule has 0 amide bonds. The van der Waals surface area contributed by atoms with Gasteiger partial charge in [0.05, 0.1) is 23.5 Å². The van der Waals surface area contributed by atoms with Crippen LogP contribution in [0.2, 0.25) is 5.02 Å². The second kappa shape index (κ2) is 7.12. The summed E-state index contributed by atoms with van der Waals surface area (Å²) < 4.78 is 2.07. The minimum atomic E-state index is 0.201. The van der Waals surface area contributed by atoms with Crippen LogP contribution in [0.5, 0.6) is 0 Å². The lowest BCUT2D eigenvalue weighted by Gasteiger charge is -2.36. The monoisotopic (exact) mass is 312 g/mol. The highest BCUT2D eigenvalue weighted by molar-refractivity contribution is 6.31. The molecule has 0 saturated heterocycles. The highest BCUT2D eigenvalue weighted by Gasteiger charge is 2.34. The van der Waals surface area contributed by atoms with Gasteiger partial charge in [-0.1, -0.05) is 25.4 Å². The van der Waals surface area contributed by atoms with Crippen molar-refractivity contribution >= 4 is 11.6 Å². The van der Waals surface area contributed by atoms with Crippen LogP contribution in [0.4, 0.5) is 0 Å². The summed E-state index contributed by atoms with van der Waals surface area (Å²) >= 11 is 6.43. The van der Waals surface area contributed by atoms with E-state index in [0.29, 0.717) is 11.8 Å². The minimum absolute atomic E-state index is 0.201. The molecular formula is C16H29ClN4. The van der Waals surface area contributed by atoms with Gasteiger partial charge in [-0.3, -0.25) is 4.68 Å². The van der Waals surface area contributed by atoms with Crippen molar-refractivity contribution in [2.45, 2.75) is 51.6 Å². The first kappa shape index (κ1) is 16.8. The summed E-state index contributed by atoms with van der Waals surface area (Å²) in [5, 5.41) is 5.25. The molecule has 3 unspecified atom stereocenters. The van der Waals surface area contributed by atoms with Crippen molar-refractivity contribution in [3.8, 4) is 0 Å². The summed E-state index contributed by atoms with van der Waals surface area (Å²) in [6.07, 6.45) is 5.23. The Kier molecular flexibility index (Phi) is 5.69. The van der Waals surface area contributed by atoms with Crippen molar-refractivity contribution in [1.82, 2.24) is 14.7 Å². The maximum absolute atomic E-state index is 6.43. The fourth-order valence-corrected chi connectivity index (χ4v) is 3.64. The van der Waals surface area contributed by atoms with Crippen LogP contribution in [0, 0.1) is 11.8 Å². The third-order valence-corrected chi connectivity index (χ3v) is 5.12. The number of hydrogen-bond acceptors (Lipinski definition) is 3. The van der Waals surface area contributed by atoms with E-state index in [4.69, 9.17) is 17.3 Å². The van der Waals surface area contributed by atoms with Crippen LogP contribution in [0.25, 0.3) is 0 Å². The summed E-state index contributed by atoms with van der Waals surface area (Å²) in [6, 6.07) is 0.201. The Bertz CT molecular complexity index is 455. The summed E-state index contributed by atoms with van der Waals surface area (Å²) in [6.45, 7) is 6.44. The zero-order chi connectivity index (χ0) is 15.6. The number of rotatable bonds is 5. The average Bonchev–Trinajstić information content (AvgIpc) is 2.78. The van der Waals surface area contributed by atoms with E-state index in [1.807, 2.05) is 0 Å². The third kappa shape index (κ3) is 3.99. The molecule has 1 aromatic rings. The first-order valence-corrected chi connectivity index (χ1v) is 8.39. The lowest BCUT2D eigenvalue weighted by Crippen LogP contribution is -2.37. The van der Waals surface area contributed by atoms with Gasteiger partial charge in [0.2, 0.25) is 0 Å². The standard InChI is InChI=1S/C16H29ClN4/c1-11(2)12-5-6-15(18)13(9-12)16-14(17)10-19-21(16)8-7-20(3)4/h10-13,15H,5-9,18H2,1-4H3. The van der Waals surface area contributed by atoms with E-state index in [1.165, 1.54) is 6.42 Å². The van der Waals surface area contributed by atoms with Crippen LogP contribution >= 0.6 is 11.6 Å². The van der Waals surface area contributed by atoms with E-state index < -0.39 is 0 Å². The molecule has 1 aromatic heterocycles. The molecule has 2 N–H and O–H groups in total. The number of aromatic nitrogens is 2. The van der Waals surface area contributed by atoms with Gasteiger partial charge in [0.25, 0.3) is 0 Å². The van der Waals surface area contributed by atoms with Crippen LogP contribution in [0.3, 0.4) is 0 Å². The van der Waals surface area contributed by atoms with Gasteiger partial charge in [-0.15, -0.1) is 0 Å². The van der Waals surface area contributed by atoms with Gasteiger partial charge in [-0.2, -0.15) is 5.10 Å². The van der Waals surface area contributed by atoms with E-state index in [9.17, 15) is 0 Å². The molecular weight excluding hydrogens is 284 g/mol. The Morgan fingerprint density at radius 3 is 2.76 bits per heavy atom. The predicted molar refractivity (Wildman–Crippen MR) is 88.7 cm³/mol. The van der Waals surface area contributed by atoms with Gasteiger partial charge in [-0.25, -0.2) is 0 Å². The highest BCUT2D eigenvalue weighted by Crippen LogP contribution is 2.40. The van der Waals surface area contributed by atoms with Crippen molar-refractivity contribution in [2.24, 2.45) is 17.6 Å². The fourth-order valence-electron chi connectivity index (χ4n) is 3.36. The van der Waals surface area contributed by atoms with Crippen molar-refractivity contribution < 1.29 is 0 Å². The molecule has 2 rings (SSSR count). The number of hydrogen-bond donors (Lipinski definition) is 1. The Balaban J connectivity index is 2.20. The second-order valence-corrected chi connectivity index (χ2v) is 7.40. The first-order valence-electron chi connectivity index (χ1n) is 8.01. The molecule has 0 spiro atoms. The maximum atomic E-state index is 6.43. The van der Waals surface area contributed by atoms with Gasteiger partial charge < -0.3 is 10.6 Å². The molecule has 1 aliphatic carbocycles. The molecule has 1 heterocycles. The number of nitrogens with zero attached hydrogens (tertiary/aromatic N) is 3. The maximum Gasteiger partial charge on any atom is 0.0821 e. The summed E-state index contributed by atoms with van der Waals surface area (Å²) in [4.78, 5) is 2.16. The molecule has 0 aromatic carbocycles. The Morgan fingerprint density at radius 2 is 2.14 bits per heavy atom. The molecule has 120 valence electrons. The van der Waals surface area contributed by atoms with Crippen molar-refractivity contribution in [2.75, 3.05) is 20.6 Å². The Hall–Kier alpha value is -0.580. The van der Waals surface area contributed by atoms with E-state index in [2.05, 4.69) is 42.6 Å². The van der Waals surface area contributed by atoms with E-state index in [1.54, 1.807) is 6.20 Å².